The van der Waals surface area contributed by atoms with Crippen molar-refractivity contribution in [3.8, 4) is 11.3 Å². The average molecular weight is 188 g/mol. The van der Waals surface area contributed by atoms with Crippen LogP contribution in [0.15, 0.2) is 24.5 Å². The van der Waals surface area contributed by atoms with Crippen LogP contribution < -0.4 is 0 Å². The highest BCUT2D eigenvalue weighted by molar-refractivity contribution is 5.60. The van der Waals surface area contributed by atoms with Gasteiger partial charge in [-0.05, 0) is 26.0 Å². The Hall–Kier alpha value is -1.71. The maximum Gasteiger partial charge on any atom is 0.0930 e. The molecule has 0 radical (unpaired) electrons. The molecule has 72 valence electrons. The Morgan fingerprint density at radius 2 is 2.29 bits per heavy atom. The van der Waals surface area contributed by atoms with Crippen LogP contribution in [-0.4, -0.2) is 20.0 Å². The summed E-state index contributed by atoms with van der Waals surface area (Å²) in [6.45, 7) is 4.83. The van der Waals surface area contributed by atoms with E-state index >= 15 is 0 Å². The lowest BCUT2D eigenvalue weighted by Gasteiger charge is -2.03. The largest absolute Gasteiger partial charge is 0.264 e. The van der Waals surface area contributed by atoms with Crippen LogP contribution >= 0.6 is 0 Å². The van der Waals surface area contributed by atoms with E-state index in [0.717, 1.165) is 23.5 Å². The maximum absolute atomic E-state index is 4.09. The van der Waals surface area contributed by atoms with E-state index in [1.54, 1.807) is 6.20 Å². The molecule has 0 aliphatic rings. The quantitative estimate of drug-likeness (QED) is 0.720. The van der Waals surface area contributed by atoms with Crippen molar-refractivity contribution in [3.05, 3.63) is 30.2 Å². The Kier molecular flexibility index (Phi) is 2.26. The SMILES string of the molecule is CCn1nnc(C)c1-c1cccnc1. The standard InChI is InChI=1S/C10H12N4/c1-3-14-10(8(2)12-13-14)9-5-4-6-11-7-9/h4-7H,3H2,1-2H3. The van der Waals surface area contributed by atoms with E-state index in [-0.39, 0.29) is 0 Å². The number of pyridine rings is 1. The molecule has 0 aromatic carbocycles. The fraction of sp³-hybridized carbons (Fsp3) is 0.300. The highest BCUT2D eigenvalue weighted by Crippen LogP contribution is 2.19. The molecule has 4 nitrogen and oxygen atoms in total. The van der Waals surface area contributed by atoms with Gasteiger partial charge >= 0.3 is 0 Å². The van der Waals surface area contributed by atoms with Gasteiger partial charge in [-0.25, -0.2) is 4.68 Å². The minimum atomic E-state index is 0.824. The summed E-state index contributed by atoms with van der Waals surface area (Å²) in [6.07, 6.45) is 3.59. The molecule has 2 rings (SSSR count). The second kappa shape index (κ2) is 3.57. The number of aryl methyl sites for hydroxylation is 2. The fourth-order valence-electron chi connectivity index (χ4n) is 1.48. The average Bonchev–Trinajstić information content (AvgIpc) is 2.61. The summed E-state index contributed by atoms with van der Waals surface area (Å²) in [6, 6.07) is 3.94. The molecular formula is C10H12N4. The predicted octanol–water partition coefficient (Wildman–Crippen LogP) is 1.67. The van der Waals surface area contributed by atoms with Gasteiger partial charge in [-0.15, -0.1) is 5.10 Å². The zero-order chi connectivity index (χ0) is 9.97. The lowest BCUT2D eigenvalue weighted by atomic mass is 10.2. The van der Waals surface area contributed by atoms with Crippen LogP contribution in [0.2, 0.25) is 0 Å². The first-order valence-electron chi connectivity index (χ1n) is 4.63. The van der Waals surface area contributed by atoms with E-state index < -0.39 is 0 Å². The van der Waals surface area contributed by atoms with Gasteiger partial charge < -0.3 is 0 Å². The first kappa shape index (κ1) is 8.87. The number of hydrogen-bond acceptors (Lipinski definition) is 3. The van der Waals surface area contributed by atoms with Crippen LogP contribution in [0.3, 0.4) is 0 Å². The molecule has 0 amide bonds. The monoisotopic (exact) mass is 188 g/mol. The normalized spacial score (nSPS) is 10.4. The molecule has 0 unspecified atom stereocenters. The summed E-state index contributed by atoms with van der Waals surface area (Å²) in [5, 5.41) is 8.10. The molecule has 0 spiro atoms. The molecule has 2 aromatic heterocycles. The van der Waals surface area contributed by atoms with Gasteiger partial charge in [-0.2, -0.15) is 0 Å². The summed E-state index contributed by atoms with van der Waals surface area (Å²) in [5.41, 5.74) is 3.07. The Morgan fingerprint density at radius 3 is 2.93 bits per heavy atom. The van der Waals surface area contributed by atoms with Gasteiger partial charge in [0.15, 0.2) is 0 Å². The third kappa shape index (κ3) is 1.39. The molecule has 0 saturated carbocycles. The maximum atomic E-state index is 4.09. The molecule has 0 atom stereocenters. The lowest BCUT2D eigenvalue weighted by Crippen LogP contribution is -1.99. The van der Waals surface area contributed by atoms with Crippen molar-refractivity contribution in [2.75, 3.05) is 0 Å². The molecule has 0 aliphatic heterocycles. The summed E-state index contributed by atoms with van der Waals surface area (Å²) in [4.78, 5) is 4.09. The first-order valence-corrected chi connectivity index (χ1v) is 4.63. The van der Waals surface area contributed by atoms with Crippen molar-refractivity contribution < 1.29 is 0 Å². The van der Waals surface area contributed by atoms with Crippen LogP contribution in [0.5, 0.6) is 0 Å². The summed E-state index contributed by atoms with van der Waals surface area (Å²) in [5.74, 6) is 0. The molecular weight excluding hydrogens is 176 g/mol. The molecule has 0 N–H and O–H groups in total. The van der Waals surface area contributed by atoms with Crippen LogP contribution in [0.4, 0.5) is 0 Å². The second-order valence-electron chi connectivity index (χ2n) is 3.08. The minimum Gasteiger partial charge on any atom is -0.264 e. The number of rotatable bonds is 2. The zero-order valence-corrected chi connectivity index (χ0v) is 8.31. The Bertz CT molecular complexity index is 419. The van der Waals surface area contributed by atoms with Gasteiger partial charge in [-0.1, -0.05) is 5.21 Å². The third-order valence-electron chi connectivity index (χ3n) is 2.14. The van der Waals surface area contributed by atoms with E-state index in [4.69, 9.17) is 0 Å². The van der Waals surface area contributed by atoms with Gasteiger partial charge in [0.1, 0.15) is 0 Å². The van der Waals surface area contributed by atoms with Crippen LogP contribution in [0, 0.1) is 6.92 Å². The van der Waals surface area contributed by atoms with E-state index in [1.807, 2.05) is 36.9 Å². The second-order valence-corrected chi connectivity index (χ2v) is 3.08. The number of hydrogen-bond donors (Lipinski definition) is 0. The fourth-order valence-corrected chi connectivity index (χ4v) is 1.48. The summed E-state index contributed by atoms with van der Waals surface area (Å²) in [7, 11) is 0. The number of nitrogens with zero attached hydrogens (tertiary/aromatic N) is 4. The molecule has 2 heterocycles. The van der Waals surface area contributed by atoms with Crippen molar-refractivity contribution in [2.24, 2.45) is 0 Å². The van der Waals surface area contributed by atoms with Crippen molar-refractivity contribution >= 4 is 0 Å². The third-order valence-corrected chi connectivity index (χ3v) is 2.14. The van der Waals surface area contributed by atoms with Crippen LogP contribution in [-0.2, 0) is 6.54 Å². The smallest absolute Gasteiger partial charge is 0.0930 e. The van der Waals surface area contributed by atoms with Crippen molar-refractivity contribution in [1.82, 2.24) is 20.0 Å². The highest BCUT2D eigenvalue weighted by atomic mass is 15.4. The van der Waals surface area contributed by atoms with E-state index in [0.29, 0.717) is 0 Å². The van der Waals surface area contributed by atoms with Crippen molar-refractivity contribution in [3.63, 3.8) is 0 Å². The zero-order valence-electron chi connectivity index (χ0n) is 8.31. The minimum absolute atomic E-state index is 0.824. The molecule has 0 fully saturated rings. The van der Waals surface area contributed by atoms with Crippen molar-refractivity contribution in [1.29, 1.82) is 0 Å². The molecule has 2 aromatic rings. The van der Waals surface area contributed by atoms with Crippen LogP contribution in [0.25, 0.3) is 11.3 Å². The Labute approximate surface area is 82.6 Å². The lowest BCUT2D eigenvalue weighted by molar-refractivity contribution is 0.632. The van der Waals surface area contributed by atoms with Gasteiger partial charge in [0, 0.05) is 24.5 Å². The molecule has 14 heavy (non-hydrogen) atoms. The van der Waals surface area contributed by atoms with E-state index in [2.05, 4.69) is 15.3 Å². The van der Waals surface area contributed by atoms with Gasteiger partial charge in [-0.3, -0.25) is 4.98 Å². The topological polar surface area (TPSA) is 43.6 Å². The van der Waals surface area contributed by atoms with E-state index in [9.17, 15) is 0 Å². The number of aromatic nitrogens is 4. The van der Waals surface area contributed by atoms with Crippen LogP contribution in [0.1, 0.15) is 12.6 Å². The molecule has 0 bridgehead atoms. The first-order chi connectivity index (χ1) is 6.83. The van der Waals surface area contributed by atoms with Gasteiger partial charge in [0.25, 0.3) is 0 Å². The van der Waals surface area contributed by atoms with Crippen molar-refractivity contribution in [2.45, 2.75) is 20.4 Å². The molecule has 4 heteroatoms. The summed E-state index contributed by atoms with van der Waals surface area (Å²) >= 11 is 0. The van der Waals surface area contributed by atoms with E-state index in [1.165, 1.54) is 0 Å². The predicted molar refractivity (Wildman–Crippen MR) is 53.7 cm³/mol. The highest BCUT2D eigenvalue weighted by Gasteiger charge is 2.09. The molecule has 0 aliphatic carbocycles. The Balaban J connectivity index is 2.55. The Morgan fingerprint density at radius 1 is 1.43 bits per heavy atom. The van der Waals surface area contributed by atoms with Gasteiger partial charge in [0.2, 0.25) is 0 Å². The summed E-state index contributed by atoms with van der Waals surface area (Å²) < 4.78 is 1.88. The molecule has 0 saturated heterocycles. The van der Waals surface area contributed by atoms with Gasteiger partial charge in [0.05, 0.1) is 11.4 Å².